The zero-order valence-electron chi connectivity index (χ0n) is 15.8. The lowest BCUT2D eigenvalue weighted by Crippen LogP contribution is -2.32. The summed E-state index contributed by atoms with van der Waals surface area (Å²) in [5, 5.41) is 7.99. The molecule has 2 aromatic rings. The average Bonchev–Trinajstić information content (AvgIpc) is 2.86. The van der Waals surface area contributed by atoms with E-state index in [1.165, 1.54) is 30.4 Å². The summed E-state index contributed by atoms with van der Waals surface area (Å²) in [5.74, 6) is -0.283. The van der Waals surface area contributed by atoms with E-state index in [1.54, 1.807) is 11.3 Å². The molecule has 144 valence electrons. The zero-order valence-corrected chi connectivity index (χ0v) is 17.5. The van der Waals surface area contributed by atoms with Gasteiger partial charge in [-0.15, -0.1) is 11.3 Å². The lowest BCUT2D eigenvalue weighted by molar-refractivity contribution is 0.0601. The monoisotopic (exact) mass is 402 g/mol. The Morgan fingerprint density at radius 1 is 1.22 bits per heavy atom. The van der Waals surface area contributed by atoms with E-state index in [9.17, 15) is 4.79 Å². The van der Waals surface area contributed by atoms with Crippen molar-refractivity contribution < 1.29 is 9.53 Å². The Morgan fingerprint density at radius 3 is 2.67 bits per heavy atom. The predicted molar refractivity (Wildman–Crippen MR) is 116 cm³/mol. The first-order chi connectivity index (χ1) is 13.1. The molecule has 1 aliphatic rings. The molecule has 2 N–H and O–H groups in total. The summed E-state index contributed by atoms with van der Waals surface area (Å²) in [4.78, 5) is 13.7. The van der Waals surface area contributed by atoms with Gasteiger partial charge in [-0.05, 0) is 55.4 Å². The zero-order chi connectivity index (χ0) is 19.2. The number of carbonyl (C=O) groups is 1. The fourth-order valence-electron chi connectivity index (χ4n) is 3.55. The molecule has 1 aliphatic carbocycles. The van der Waals surface area contributed by atoms with Crippen LogP contribution in [0.5, 0.6) is 0 Å². The van der Waals surface area contributed by atoms with Crippen LogP contribution in [-0.2, 0) is 17.6 Å². The summed E-state index contributed by atoms with van der Waals surface area (Å²) in [6.45, 7) is 2.13. The van der Waals surface area contributed by atoms with Crippen LogP contribution in [0.25, 0.3) is 0 Å². The largest absolute Gasteiger partial charge is 0.465 e. The number of methoxy groups -OCH3 is 1. The number of benzene rings is 1. The van der Waals surface area contributed by atoms with Crippen molar-refractivity contribution in [1.82, 2.24) is 5.32 Å². The van der Waals surface area contributed by atoms with E-state index in [2.05, 4.69) is 29.7 Å². The van der Waals surface area contributed by atoms with Gasteiger partial charge >= 0.3 is 5.97 Å². The summed E-state index contributed by atoms with van der Waals surface area (Å²) >= 11 is 7.20. The van der Waals surface area contributed by atoms with Gasteiger partial charge in [0, 0.05) is 4.88 Å². The molecule has 4 nitrogen and oxygen atoms in total. The highest BCUT2D eigenvalue weighted by molar-refractivity contribution is 7.80. The fourth-order valence-corrected chi connectivity index (χ4v) is 5.14. The number of esters is 1. The Hall–Kier alpha value is -1.92. The Balaban J connectivity index is 1.80. The standard InChI is InChI=1S/C21H26N2O2S2/c1-3-16(14-10-6-4-7-11-14)22-21(26)23-19-18(20(24)25-2)15-12-8-5-9-13-17(15)27-19/h4,6-7,10-11,16H,3,5,8-9,12-13H2,1-2H3,(H2,22,23,26). The van der Waals surface area contributed by atoms with Crippen molar-refractivity contribution in [3.8, 4) is 0 Å². The summed E-state index contributed by atoms with van der Waals surface area (Å²) in [6.07, 6.45) is 6.35. The van der Waals surface area contributed by atoms with Crippen LogP contribution in [0, 0.1) is 0 Å². The quantitative estimate of drug-likeness (QED) is 0.407. The van der Waals surface area contributed by atoms with E-state index >= 15 is 0 Å². The molecule has 0 radical (unpaired) electrons. The first-order valence-electron chi connectivity index (χ1n) is 9.49. The average molecular weight is 403 g/mol. The number of ether oxygens (including phenoxy) is 1. The number of anilines is 1. The summed E-state index contributed by atoms with van der Waals surface area (Å²) < 4.78 is 5.06. The third-order valence-corrected chi connectivity index (χ3v) is 6.38. The Morgan fingerprint density at radius 2 is 1.96 bits per heavy atom. The van der Waals surface area contributed by atoms with Crippen LogP contribution < -0.4 is 10.6 Å². The van der Waals surface area contributed by atoms with Crippen molar-refractivity contribution in [3.05, 3.63) is 51.9 Å². The summed E-state index contributed by atoms with van der Waals surface area (Å²) in [5.41, 5.74) is 3.00. The molecular formula is C21H26N2O2S2. The molecule has 0 amide bonds. The van der Waals surface area contributed by atoms with E-state index in [1.807, 2.05) is 18.2 Å². The third-order valence-electron chi connectivity index (χ3n) is 4.95. The molecule has 0 saturated heterocycles. The van der Waals surface area contributed by atoms with Crippen LogP contribution in [0.1, 0.15) is 65.0 Å². The molecule has 1 atom stereocenters. The molecule has 1 aromatic heterocycles. The smallest absolute Gasteiger partial charge is 0.341 e. The van der Waals surface area contributed by atoms with E-state index in [4.69, 9.17) is 17.0 Å². The SMILES string of the molecule is CCC(NC(=S)Nc1sc2c(c1C(=O)OC)CCCCC2)c1ccccc1. The maximum absolute atomic E-state index is 12.4. The molecule has 27 heavy (non-hydrogen) atoms. The minimum atomic E-state index is -0.283. The number of thiophene rings is 1. The third kappa shape index (κ3) is 4.68. The molecule has 1 unspecified atom stereocenters. The van der Waals surface area contributed by atoms with Gasteiger partial charge in [-0.1, -0.05) is 43.7 Å². The lowest BCUT2D eigenvalue weighted by atomic mass is 10.1. The second kappa shape index (κ2) is 9.33. The second-order valence-corrected chi connectivity index (χ2v) is 8.24. The van der Waals surface area contributed by atoms with E-state index in [-0.39, 0.29) is 12.0 Å². The highest BCUT2D eigenvalue weighted by atomic mass is 32.1. The van der Waals surface area contributed by atoms with E-state index in [0.29, 0.717) is 10.7 Å². The van der Waals surface area contributed by atoms with Crippen LogP contribution in [-0.4, -0.2) is 18.2 Å². The molecule has 6 heteroatoms. The van der Waals surface area contributed by atoms with Gasteiger partial charge in [0.05, 0.1) is 18.7 Å². The molecule has 0 bridgehead atoms. The van der Waals surface area contributed by atoms with Crippen molar-refractivity contribution >= 4 is 39.6 Å². The highest BCUT2D eigenvalue weighted by Gasteiger charge is 2.26. The molecule has 0 aliphatic heterocycles. The van der Waals surface area contributed by atoms with Gasteiger partial charge in [0.15, 0.2) is 5.11 Å². The Kier molecular flexibility index (Phi) is 6.85. The number of carbonyl (C=O) groups excluding carboxylic acids is 1. The number of rotatable bonds is 5. The molecule has 1 aromatic carbocycles. The second-order valence-electron chi connectivity index (χ2n) is 6.73. The summed E-state index contributed by atoms with van der Waals surface area (Å²) in [6, 6.07) is 10.4. The number of thiocarbonyl (C=S) groups is 1. The van der Waals surface area contributed by atoms with Crippen molar-refractivity contribution in [3.63, 3.8) is 0 Å². The van der Waals surface area contributed by atoms with Crippen LogP contribution >= 0.6 is 23.6 Å². The van der Waals surface area contributed by atoms with Gasteiger partial charge in [0.25, 0.3) is 0 Å². The van der Waals surface area contributed by atoms with Crippen molar-refractivity contribution in [2.75, 3.05) is 12.4 Å². The predicted octanol–water partition coefficient (Wildman–Crippen LogP) is 5.24. The van der Waals surface area contributed by atoms with Gasteiger partial charge in [0.1, 0.15) is 5.00 Å². The topological polar surface area (TPSA) is 50.4 Å². The van der Waals surface area contributed by atoms with Crippen LogP contribution in [0.3, 0.4) is 0 Å². The number of hydrogen-bond acceptors (Lipinski definition) is 4. The van der Waals surface area contributed by atoms with Crippen molar-refractivity contribution in [2.45, 2.75) is 51.5 Å². The molecule has 0 fully saturated rings. The van der Waals surface area contributed by atoms with Gasteiger partial charge in [0.2, 0.25) is 0 Å². The first kappa shape index (κ1) is 19.8. The fraction of sp³-hybridized carbons (Fsp3) is 0.429. The molecule has 0 spiro atoms. The normalized spacial score (nSPS) is 14.6. The highest BCUT2D eigenvalue weighted by Crippen LogP contribution is 2.38. The minimum Gasteiger partial charge on any atom is -0.465 e. The van der Waals surface area contributed by atoms with Crippen molar-refractivity contribution in [2.24, 2.45) is 0 Å². The van der Waals surface area contributed by atoms with Crippen LogP contribution in [0.15, 0.2) is 30.3 Å². The van der Waals surface area contributed by atoms with Gasteiger partial charge in [-0.2, -0.15) is 0 Å². The van der Waals surface area contributed by atoms with E-state index < -0.39 is 0 Å². The number of hydrogen-bond donors (Lipinski definition) is 2. The Bertz CT molecular complexity index is 802. The van der Waals surface area contributed by atoms with Crippen LogP contribution in [0.2, 0.25) is 0 Å². The lowest BCUT2D eigenvalue weighted by Gasteiger charge is -2.20. The molecule has 3 rings (SSSR count). The molecule has 0 saturated carbocycles. The number of nitrogens with one attached hydrogen (secondary N) is 2. The molecule has 1 heterocycles. The van der Waals surface area contributed by atoms with Gasteiger partial charge in [-0.25, -0.2) is 4.79 Å². The maximum Gasteiger partial charge on any atom is 0.341 e. The minimum absolute atomic E-state index is 0.130. The maximum atomic E-state index is 12.4. The first-order valence-corrected chi connectivity index (χ1v) is 10.7. The van der Waals surface area contributed by atoms with E-state index in [0.717, 1.165) is 36.2 Å². The molecular weight excluding hydrogens is 376 g/mol. The van der Waals surface area contributed by atoms with Gasteiger partial charge < -0.3 is 15.4 Å². The number of fused-ring (bicyclic) bond motifs is 1. The van der Waals surface area contributed by atoms with Crippen molar-refractivity contribution in [1.29, 1.82) is 0 Å². The van der Waals surface area contributed by atoms with Crippen LogP contribution in [0.4, 0.5) is 5.00 Å². The summed E-state index contributed by atoms with van der Waals surface area (Å²) in [7, 11) is 1.44. The Labute approximate surface area is 170 Å². The van der Waals surface area contributed by atoms with Gasteiger partial charge in [-0.3, -0.25) is 0 Å². The number of aryl methyl sites for hydroxylation is 1.